The Morgan fingerprint density at radius 1 is 0.526 bits per heavy atom. The van der Waals surface area contributed by atoms with Gasteiger partial charge in [-0.1, -0.05) is 78.9 Å². The van der Waals surface area contributed by atoms with E-state index < -0.39 is 0 Å². The molecule has 0 radical (unpaired) electrons. The first-order valence-electron chi connectivity index (χ1n) is 12.8. The Labute approximate surface area is 219 Å². The van der Waals surface area contributed by atoms with Crippen LogP contribution in [0.25, 0.3) is 66.1 Å². The van der Waals surface area contributed by atoms with Gasteiger partial charge in [0.2, 0.25) is 0 Å². The van der Waals surface area contributed by atoms with Crippen LogP contribution < -0.4 is 0 Å². The topological polar surface area (TPSA) is 35.6 Å². The van der Waals surface area contributed by atoms with Crippen LogP contribution in [0.1, 0.15) is 0 Å². The summed E-state index contributed by atoms with van der Waals surface area (Å²) >= 11 is 0. The van der Waals surface area contributed by atoms with Crippen molar-refractivity contribution in [2.45, 2.75) is 0 Å². The minimum absolute atomic E-state index is 0.856. The molecule has 0 unspecified atom stereocenters. The van der Waals surface area contributed by atoms with Crippen molar-refractivity contribution in [2.24, 2.45) is 0 Å². The molecule has 4 heteroatoms. The van der Waals surface area contributed by atoms with Gasteiger partial charge in [-0.3, -0.25) is 0 Å². The maximum absolute atomic E-state index is 4.45. The van der Waals surface area contributed by atoms with Crippen molar-refractivity contribution in [1.29, 1.82) is 0 Å². The fourth-order valence-corrected chi connectivity index (χ4v) is 5.73. The van der Waals surface area contributed by atoms with Gasteiger partial charge in [-0.15, -0.1) is 0 Å². The summed E-state index contributed by atoms with van der Waals surface area (Å²) in [5.74, 6) is 0. The Kier molecular flexibility index (Phi) is 4.49. The third kappa shape index (κ3) is 3.10. The van der Waals surface area contributed by atoms with Gasteiger partial charge in [-0.05, 0) is 47.9 Å². The van der Waals surface area contributed by atoms with Gasteiger partial charge in [0.1, 0.15) is 0 Å². The maximum atomic E-state index is 4.45. The van der Waals surface area contributed by atoms with Gasteiger partial charge in [0, 0.05) is 39.0 Å². The summed E-state index contributed by atoms with van der Waals surface area (Å²) in [6.45, 7) is 0. The van der Waals surface area contributed by atoms with Gasteiger partial charge in [-0.2, -0.15) is 10.2 Å². The Bertz CT molecular complexity index is 2120. The monoisotopic (exact) mass is 486 g/mol. The highest BCUT2D eigenvalue weighted by Crippen LogP contribution is 2.38. The Morgan fingerprint density at radius 3 is 2.18 bits per heavy atom. The van der Waals surface area contributed by atoms with Crippen molar-refractivity contribution in [3.05, 3.63) is 134 Å². The number of nitrogens with zero attached hydrogens (tertiary/aromatic N) is 4. The number of fused-ring (bicyclic) bond motifs is 6. The fraction of sp³-hybridized carbons (Fsp3) is 0. The zero-order valence-electron chi connectivity index (χ0n) is 20.5. The van der Waals surface area contributed by atoms with Crippen molar-refractivity contribution >= 4 is 43.5 Å². The molecule has 0 saturated carbocycles. The summed E-state index contributed by atoms with van der Waals surface area (Å²) in [6, 6.07) is 42.8. The molecule has 38 heavy (non-hydrogen) atoms. The van der Waals surface area contributed by atoms with Crippen LogP contribution in [0, 0.1) is 0 Å². The molecule has 8 rings (SSSR count). The molecule has 0 aliphatic rings. The quantitative estimate of drug-likeness (QED) is 0.252. The van der Waals surface area contributed by atoms with E-state index in [1.807, 2.05) is 24.4 Å². The van der Waals surface area contributed by atoms with Crippen LogP contribution >= 0.6 is 0 Å². The fourth-order valence-electron chi connectivity index (χ4n) is 5.73. The number of hydrogen-bond donors (Lipinski definition) is 0. The second kappa shape index (κ2) is 8.15. The highest BCUT2D eigenvalue weighted by molar-refractivity contribution is 6.20. The van der Waals surface area contributed by atoms with Crippen molar-refractivity contribution in [3.8, 4) is 22.6 Å². The second-order valence-corrected chi connectivity index (χ2v) is 9.63. The molecule has 0 N–H and O–H groups in total. The third-order valence-electron chi connectivity index (χ3n) is 7.46. The van der Waals surface area contributed by atoms with E-state index in [1.165, 1.54) is 38.0 Å². The molecule has 8 aromatic rings. The molecule has 0 bridgehead atoms. The summed E-state index contributed by atoms with van der Waals surface area (Å²) in [5.41, 5.74) is 7.57. The lowest BCUT2D eigenvalue weighted by Crippen LogP contribution is -1.98. The highest BCUT2D eigenvalue weighted by Gasteiger charge is 2.17. The molecule has 5 aromatic carbocycles. The molecule has 0 aliphatic heterocycles. The number of rotatable bonds is 3. The lowest BCUT2D eigenvalue weighted by atomic mass is 10.0. The van der Waals surface area contributed by atoms with E-state index >= 15 is 0 Å². The van der Waals surface area contributed by atoms with E-state index in [-0.39, 0.29) is 0 Å². The lowest BCUT2D eigenvalue weighted by Gasteiger charge is -2.12. The minimum Gasteiger partial charge on any atom is -0.317 e. The zero-order chi connectivity index (χ0) is 25.1. The van der Waals surface area contributed by atoms with E-state index in [0.717, 1.165) is 28.1 Å². The molecule has 3 heterocycles. The molecule has 178 valence electrons. The average molecular weight is 487 g/mol. The van der Waals surface area contributed by atoms with E-state index in [2.05, 4.69) is 129 Å². The normalized spacial score (nSPS) is 11.7. The molecule has 0 atom stereocenters. The largest absolute Gasteiger partial charge is 0.317 e. The van der Waals surface area contributed by atoms with Crippen LogP contribution in [0.5, 0.6) is 0 Å². The highest BCUT2D eigenvalue weighted by atomic mass is 15.1. The summed E-state index contributed by atoms with van der Waals surface area (Å²) in [5, 5.41) is 15.0. The molecule has 4 nitrogen and oxygen atoms in total. The van der Waals surface area contributed by atoms with E-state index in [1.54, 1.807) is 0 Å². The van der Waals surface area contributed by atoms with Gasteiger partial charge < -0.3 is 9.13 Å². The van der Waals surface area contributed by atoms with Gasteiger partial charge in [0.05, 0.1) is 34.1 Å². The van der Waals surface area contributed by atoms with Crippen molar-refractivity contribution in [2.75, 3.05) is 0 Å². The molecule has 0 amide bonds. The first-order chi connectivity index (χ1) is 18.8. The average Bonchev–Trinajstić information content (AvgIpc) is 3.56. The molecular formula is C34H22N4. The predicted molar refractivity (Wildman–Crippen MR) is 156 cm³/mol. The van der Waals surface area contributed by atoms with E-state index in [4.69, 9.17) is 0 Å². The number of hydrogen-bond acceptors (Lipinski definition) is 2. The van der Waals surface area contributed by atoms with Crippen molar-refractivity contribution in [1.82, 2.24) is 19.3 Å². The Balaban J connectivity index is 1.48. The molecule has 0 aliphatic carbocycles. The van der Waals surface area contributed by atoms with Gasteiger partial charge >= 0.3 is 0 Å². The number of benzene rings is 5. The van der Waals surface area contributed by atoms with E-state index in [0.29, 0.717) is 0 Å². The van der Waals surface area contributed by atoms with Crippen LogP contribution in [0.4, 0.5) is 0 Å². The number of para-hydroxylation sites is 2. The molecule has 3 aromatic heterocycles. The third-order valence-corrected chi connectivity index (χ3v) is 7.46. The van der Waals surface area contributed by atoms with Gasteiger partial charge in [-0.25, -0.2) is 0 Å². The molecule has 0 spiro atoms. The summed E-state index contributed by atoms with van der Waals surface area (Å²) in [7, 11) is 0. The Morgan fingerprint density at radius 2 is 1.32 bits per heavy atom. The summed E-state index contributed by atoms with van der Waals surface area (Å²) < 4.78 is 4.61. The first-order valence-corrected chi connectivity index (χ1v) is 12.8. The van der Waals surface area contributed by atoms with Gasteiger partial charge in [0.25, 0.3) is 0 Å². The summed E-state index contributed by atoms with van der Waals surface area (Å²) in [4.78, 5) is 0. The van der Waals surface area contributed by atoms with Crippen LogP contribution in [-0.2, 0) is 0 Å². The van der Waals surface area contributed by atoms with Crippen molar-refractivity contribution in [3.63, 3.8) is 0 Å². The number of aromatic nitrogens is 4. The smallest absolute Gasteiger partial charge is 0.0950 e. The molecular weight excluding hydrogens is 464 g/mol. The molecule has 0 saturated heterocycles. The Hall–Kier alpha value is -5.22. The minimum atomic E-state index is 0.856. The van der Waals surface area contributed by atoms with E-state index in [9.17, 15) is 0 Å². The standard InChI is InChI=1S/C34H22N4/c1-3-9-23(10-4-1)31-20-27(22-35-36-31)38-32-14-8-7-13-28(32)29-16-15-24-19-25-17-18-37(26-11-5-2-6-12-26)33(25)21-30(24)34(29)38/h1-22H. The first kappa shape index (κ1) is 20.9. The summed E-state index contributed by atoms with van der Waals surface area (Å²) in [6.07, 6.45) is 4.02. The van der Waals surface area contributed by atoms with Crippen LogP contribution in [0.2, 0.25) is 0 Å². The maximum Gasteiger partial charge on any atom is 0.0950 e. The lowest BCUT2D eigenvalue weighted by molar-refractivity contribution is 1.01. The van der Waals surface area contributed by atoms with Gasteiger partial charge in [0.15, 0.2) is 0 Å². The second-order valence-electron chi connectivity index (χ2n) is 9.63. The van der Waals surface area contributed by atoms with Crippen LogP contribution in [-0.4, -0.2) is 19.3 Å². The van der Waals surface area contributed by atoms with Crippen molar-refractivity contribution < 1.29 is 0 Å². The zero-order valence-corrected chi connectivity index (χ0v) is 20.5. The SMILES string of the molecule is c1ccc(-c2cc(-n3c4ccccc4c4ccc5cc6ccn(-c7ccccc7)c6cc5c43)cnn2)cc1. The van der Waals surface area contributed by atoms with Crippen LogP contribution in [0.15, 0.2) is 134 Å². The van der Waals surface area contributed by atoms with Crippen LogP contribution in [0.3, 0.4) is 0 Å². The molecule has 0 fully saturated rings. The predicted octanol–water partition coefficient (Wildman–Crippen LogP) is 8.34.